The summed E-state index contributed by atoms with van der Waals surface area (Å²) in [5.74, 6) is -1.10. The van der Waals surface area contributed by atoms with Gasteiger partial charge in [-0.25, -0.2) is 0 Å². The van der Waals surface area contributed by atoms with Gasteiger partial charge in [-0.2, -0.15) is 5.10 Å². The van der Waals surface area contributed by atoms with Gasteiger partial charge in [0.25, 0.3) is 5.91 Å². The fraction of sp³-hybridized carbons (Fsp3) is 0.400. The lowest BCUT2D eigenvalue weighted by Crippen LogP contribution is -2.32. The van der Waals surface area contributed by atoms with Crippen LogP contribution in [0.2, 0.25) is 0 Å². The van der Waals surface area contributed by atoms with E-state index in [0.717, 1.165) is 10.9 Å². The second-order valence-electron chi connectivity index (χ2n) is 5.84. The fourth-order valence-electron chi connectivity index (χ4n) is 2.08. The minimum atomic E-state index is -0.872. The first-order chi connectivity index (χ1) is 9.81. The number of aliphatic carboxylic acids is 1. The highest BCUT2D eigenvalue weighted by molar-refractivity contribution is 6.05. The van der Waals surface area contributed by atoms with Gasteiger partial charge in [0.15, 0.2) is 0 Å². The Kier molecular flexibility index (Phi) is 3.97. The number of hydrogen-bond acceptors (Lipinski definition) is 3. The van der Waals surface area contributed by atoms with Crippen molar-refractivity contribution in [2.45, 2.75) is 27.2 Å². The molecule has 1 amide bonds. The number of aromatic nitrogens is 2. The Bertz CT molecular complexity index is 689. The number of aryl methyl sites for hydroxylation is 1. The van der Waals surface area contributed by atoms with E-state index in [9.17, 15) is 9.59 Å². The number of rotatable bonds is 5. The number of carboxylic acid groups (broad SMARTS) is 1. The highest BCUT2D eigenvalue weighted by Gasteiger charge is 2.26. The van der Waals surface area contributed by atoms with Crippen LogP contribution < -0.4 is 5.32 Å². The summed E-state index contributed by atoms with van der Waals surface area (Å²) in [4.78, 5) is 23.3. The molecule has 0 bridgehead atoms. The van der Waals surface area contributed by atoms with Crippen molar-refractivity contribution in [3.63, 3.8) is 0 Å². The Morgan fingerprint density at radius 3 is 2.76 bits per heavy atom. The van der Waals surface area contributed by atoms with E-state index in [2.05, 4.69) is 15.5 Å². The number of hydrogen-bond donors (Lipinski definition) is 3. The Hall–Kier alpha value is -2.37. The molecule has 0 saturated carbocycles. The minimum absolute atomic E-state index is 0.228. The van der Waals surface area contributed by atoms with E-state index in [0.29, 0.717) is 24.0 Å². The number of carboxylic acids is 1. The van der Waals surface area contributed by atoms with Gasteiger partial charge in [-0.15, -0.1) is 0 Å². The summed E-state index contributed by atoms with van der Waals surface area (Å²) in [6.07, 6.45) is 2.04. The van der Waals surface area contributed by atoms with Gasteiger partial charge in [0.1, 0.15) is 0 Å². The molecule has 6 nitrogen and oxygen atoms in total. The summed E-state index contributed by atoms with van der Waals surface area (Å²) >= 11 is 0. The third-order valence-electron chi connectivity index (χ3n) is 3.55. The van der Waals surface area contributed by atoms with Crippen molar-refractivity contribution in [2.75, 3.05) is 6.54 Å². The van der Waals surface area contributed by atoms with Crippen molar-refractivity contribution >= 4 is 22.8 Å². The van der Waals surface area contributed by atoms with Gasteiger partial charge in [0.05, 0.1) is 22.7 Å². The average Bonchev–Trinajstić information content (AvgIpc) is 2.85. The fourth-order valence-corrected chi connectivity index (χ4v) is 2.08. The number of carbonyl (C=O) groups is 2. The Balaban J connectivity index is 2.09. The molecule has 2 aromatic rings. The van der Waals surface area contributed by atoms with Crippen molar-refractivity contribution in [1.82, 2.24) is 15.5 Å². The van der Waals surface area contributed by atoms with Crippen LogP contribution in [-0.4, -0.2) is 33.7 Å². The third kappa shape index (κ3) is 3.21. The zero-order chi connectivity index (χ0) is 15.6. The molecule has 0 fully saturated rings. The monoisotopic (exact) mass is 289 g/mol. The Labute approximate surface area is 122 Å². The van der Waals surface area contributed by atoms with E-state index < -0.39 is 11.4 Å². The van der Waals surface area contributed by atoms with Gasteiger partial charge < -0.3 is 10.4 Å². The SMILES string of the molecule is Cc1cc(C(=O)NCCC(C)(C)C(=O)O)c2[nH]ncc2c1. The molecule has 0 spiro atoms. The van der Waals surface area contributed by atoms with Gasteiger partial charge >= 0.3 is 5.97 Å². The van der Waals surface area contributed by atoms with Gasteiger partial charge in [-0.1, -0.05) is 0 Å². The van der Waals surface area contributed by atoms with Crippen molar-refractivity contribution in [2.24, 2.45) is 5.41 Å². The van der Waals surface area contributed by atoms with Crippen molar-refractivity contribution < 1.29 is 14.7 Å². The maximum atomic E-state index is 12.3. The minimum Gasteiger partial charge on any atom is -0.481 e. The van der Waals surface area contributed by atoms with E-state index in [-0.39, 0.29) is 5.91 Å². The van der Waals surface area contributed by atoms with E-state index >= 15 is 0 Å². The first-order valence-electron chi connectivity index (χ1n) is 6.76. The number of H-pyrrole nitrogens is 1. The maximum Gasteiger partial charge on any atom is 0.309 e. The van der Waals surface area contributed by atoms with Crippen LogP contribution >= 0.6 is 0 Å². The summed E-state index contributed by atoms with van der Waals surface area (Å²) in [7, 11) is 0. The maximum absolute atomic E-state index is 12.3. The van der Waals surface area contributed by atoms with Crippen LogP contribution in [0.15, 0.2) is 18.3 Å². The summed E-state index contributed by atoms with van der Waals surface area (Å²) in [5, 5.41) is 19.5. The Morgan fingerprint density at radius 1 is 1.38 bits per heavy atom. The largest absolute Gasteiger partial charge is 0.481 e. The van der Waals surface area contributed by atoms with Crippen LogP contribution in [0.4, 0.5) is 0 Å². The third-order valence-corrected chi connectivity index (χ3v) is 3.55. The van der Waals surface area contributed by atoms with Gasteiger partial charge in [-0.3, -0.25) is 14.7 Å². The van der Waals surface area contributed by atoms with Crippen LogP contribution in [0.1, 0.15) is 36.2 Å². The smallest absolute Gasteiger partial charge is 0.309 e. The summed E-state index contributed by atoms with van der Waals surface area (Å²) < 4.78 is 0. The quantitative estimate of drug-likeness (QED) is 0.785. The molecule has 1 aromatic carbocycles. The topological polar surface area (TPSA) is 95.1 Å². The van der Waals surface area contributed by atoms with Gasteiger partial charge in [-0.05, 0) is 44.9 Å². The number of fused-ring (bicyclic) bond motifs is 1. The molecular weight excluding hydrogens is 270 g/mol. The molecule has 3 N–H and O–H groups in total. The second kappa shape index (κ2) is 5.55. The van der Waals surface area contributed by atoms with Crippen LogP contribution in [0.25, 0.3) is 10.9 Å². The Morgan fingerprint density at radius 2 is 2.10 bits per heavy atom. The van der Waals surface area contributed by atoms with Crippen molar-refractivity contribution in [1.29, 1.82) is 0 Å². The van der Waals surface area contributed by atoms with E-state index in [4.69, 9.17) is 5.11 Å². The summed E-state index contributed by atoms with van der Waals surface area (Å²) in [6.45, 7) is 5.50. The predicted molar refractivity (Wildman–Crippen MR) is 79.2 cm³/mol. The molecule has 1 heterocycles. The second-order valence-corrected chi connectivity index (χ2v) is 5.84. The number of aromatic amines is 1. The first kappa shape index (κ1) is 15.0. The van der Waals surface area contributed by atoms with Crippen LogP contribution in [-0.2, 0) is 4.79 Å². The van der Waals surface area contributed by atoms with Crippen LogP contribution in [0.5, 0.6) is 0 Å². The molecule has 0 radical (unpaired) electrons. The number of amides is 1. The summed E-state index contributed by atoms with van der Waals surface area (Å²) in [6, 6.07) is 3.74. The standard InChI is InChI=1S/C15H19N3O3/c1-9-6-10-8-17-18-12(10)11(7-9)13(19)16-5-4-15(2,3)14(20)21/h6-8H,4-5H2,1-3H3,(H,16,19)(H,17,18)(H,20,21). The van der Waals surface area contributed by atoms with Crippen LogP contribution in [0, 0.1) is 12.3 Å². The molecule has 21 heavy (non-hydrogen) atoms. The molecule has 2 rings (SSSR count). The zero-order valence-electron chi connectivity index (χ0n) is 12.4. The molecule has 1 aromatic heterocycles. The van der Waals surface area contributed by atoms with Crippen molar-refractivity contribution in [3.05, 3.63) is 29.5 Å². The van der Waals surface area contributed by atoms with E-state index in [1.54, 1.807) is 26.1 Å². The molecule has 0 aliphatic carbocycles. The van der Waals surface area contributed by atoms with Crippen molar-refractivity contribution in [3.8, 4) is 0 Å². The zero-order valence-corrected chi connectivity index (χ0v) is 12.4. The number of nitrogens with one attached hydrogen (secondary N) is 2. The van der Waals surface area contributed by atoms with Gasteiger partial charge in [0.2, 0.25) is 0 Å². The summed E-state index contributed by atoms with van der Waals surface area (Å²) in [5.41, 5.74) is 1.33. The molecule has 0 aliphatic heterocycles. The molecule has 0 aliphatic rings. The number of carbonyl (C=O) groups excluding carboxylic acids is 1. The van der Waals surface area contributed by atoms with Crippen LogP contribution in [0.3, 0.4) is 0 Å². The highest BCUT2D eigenvalue weighted by Crippen LogP contribution is 2.20. The molecule has 0 saturated heterocycles. The lowest BCUT2D eigenvalue weighted by atomic mass is 9.89. The van der Waals surface area contributed by atoms with E-state index in [1.165, 1.54) is 0 Å². The molecule has 0 unspecified atom stereocenters. The lowest BCUT2D eigenvalue weighted by molar-refractivity contribution is -0.147. The van der Waals surface area contributed by atoms with E-state index in [1.807, 2.05) is 13.0 Å². The number of nitrogens with zero attached hydrogens (tertiary/aromatic N) is 1. The average molecular weight is 289 g/mol. The normalized spacial score (nSPS) is 11.6. The molecule has 0 atom stereocenters. The molecular formula is C15H19N3O3. The molecule has 6 heteroatoms. The first-order valence-corrected chi connectivity index (χ1v) is 6.76. The highest BCUT2D eigenvalue weighted by atomic mass is 16.4. The predicted octanol–water partition coefficient (Wildman–Crippen LogP) is 2.10. The molecule has 112 valence electrons. The lowest BCUT2D eigenvalue weighted by Gasteiger charge is -2.19. The number of benzene rings is 1. The van der Waals surface area contributed by atoms with Gasteiger partial charge in [0, 0.05) is 11.9 Å².